The van der Waals surface area contributed by atoms with Gasteiger partial charge in [0.05, 0.1) is 124 Å². The molecule has 0 atom stereocenters. The van der Waals surface area contributed by atoms with Gasteiger partial charge in [-0.3, -0.25) is 4.18 Å². The molecule has 1 aromatic carbocycles. The zero-order valence-corrected chi connectivity index (χ0v) is 28.7. The molecule has 0 aliphatic carbocycles. The number of rotatable bonds is 31. The van der Waals surface area contributed by atoms with Crippen molar-refractivity contribution in [2.45, 2.75) is 38.2 Å². The second-order valence-corrected chi connectivity index (χ2v) is 12.2. The number of ether oxygens (including phenoxy) is 10. The molecule has 268 valence electrons. The van der Waals surface area contributed by atoms with Crippen LogP contribution in [0.25, 0.3) is 0 Å². The Hall–Kier alpha value is -1.76. The van der Waals surface area contributed by atoms with Crippen LogP contribution in [-0.2, 0) is 66.5 Å². The SMILES string of the molecule is Cc1ccc(S(=O)(=O)OCCOCCOCCOCCOCCOCCOCCOCCOCCOCC(=O)OC(C)(C)C)cc1. The first-order chi connectivity index (χ1) is 22.1. The standard InChI is InChI=1S/C31H54O14S/c1-28-5-7-29(8-6-28)46(33,34)44-26-25-42-22-21-40-18-17-38-14-13-36-10-9-35-11-12-37-15-16-39-19-20-41-23-24-43-27-30(32)45-31(2,3)4/h5-8H,9-27H2,1-4H3. The predicted octanol–water partition coefficient (Wildman–Crippen LogP) is 2.19. The Bertz CT molecular complexity index is 966. The quantitative estimate of drug-likeness (QED) is 0.0639. The molecule has 46 heavy (non-hydrogen) atoms. The normalized spacial score (nSPS) is 12.1. The summed E-state index contributed by atoms with van der Waals surface area (Å²) in [6.45, 7) is 14.0. The Morgan fingerprint density at radius 2 is 0.826 bits per heavy atom. The van der Waals surface area contributed by atoms with Crippen molar-refractivity contribution >= 4 is 16.1 Å². The molecule has 1 aromatic rings. The van der Waals surface area contributed by atoms with Gasteiger partial charge in [0.15, 0.2) is 0 Å². The third-order valence-corrected chi connectivity index (χ3v) is 6.72. The van der Waals surface area contributed by atoms with Crippen LogP contribution < -0.4 is 0 Å². The zero-order valence-electron chi connectivity index (χ0n) is 27.9. The first kappa shape index (κ1) is 42.3. The van der Waals surface area contributed by atoms with Crippen LogP contribution in [0.15, 0.2) is 29.2 Å². The maximum absolute atomic E-state index is 12.1. The van der Waals surface area contributed by atoms with E-state index in [2.05, 4.69) is 0 Å². The van der Waals surface area contributed by atoms with Crippen LogP contribution in [0.5, 0.6) is 0 Å². The van der Waals surface area contributed by atoms with E-state index in [-0.39, 0.29) is 24.7 Å². The van der Waals surface area contributed by atoms with E-state index in [1.54, 1.807) is 32.9 Å². The maximum Gasteiger partial charge on any atom is 0.332 e. The largest absolute Gasteiger partial charge is 0.458 e. The first-order valence-corrected chi connectivity index (χ1v) is 16.9. The van der Waals surface area contributed by atoms with Crippen molar-refractivity contribution in [1.82, 2.24) is 0 Å². The van der Waals surface area contributed by atoms with E-state index >= 15 is 0 Å². The average Bonchev–Trinajstić information content (AvgIpc) is 2.99. The minimum absolute atomic E-state index is 0.0640. The van der Waals surface area contributed by atoms with E-state index in [0.717, 1.165) is 5.56 Å². The van der Waals surface area contributed by atoms with Crippen molar-refractivity contribution in [2.75, 3.05) is 126 Å². The highest BCUT2D eigenvalue weighted by Crippen LogP contribution is 2.13. The van der Waals surface area contributed by atoms with Crippen LogP contribution in [0.1, 0.15) is 26.3 Å². The number of hydrogen-bond donors (Lipinski definition) is 0. The molecule has 1 rings (SSSR count). The van der Waals surface area contributed by atoms with Crippen molar-refractivity contribution in [3.05, 3.63) is 29.8 Å². The van der Waals surface area contributed by atoms with Crippen LogP contribution in [0.2, 0.25) is 0 Å². The highest BCUT2D eigenvalue weighted by atomic mass is 32.2. The summed E-state index contributed by atoms with van der Waals surface area (Å²) in [5, 5.41) is 0. The predicted molar refractivity (Wildman–Crippen MR) is 168 cm³/mol. The summed E-state index contributed by atoms with van der Waals surface area (Å²) < 4.78 is 82.8. The third-order valence-electron chi connectivity index (χ3n) is 5.39. The molecule has 0 aliphatic heterocycles. The van der Waals surface area contributed by atoms with E-state index < -0.39 is 21.7 Å². The lowest BCUT2D eigenvalue weighted by Crippen LogP contribution is -2.27. The number of carbonyl (C=O) groups excluding carboxylic acids is 1. The van der Waals surface area contributed by atoms with Gasteiger partial charge in [0.25, 0.3) is 10.1 Å². The molecule has 0 spiro atoms. The molecule has 15 heteroatoms. The molecular formula is C31H54O14S. The van der Waals surface area contributed by atoms with Crippen molar-refractivity contribution in [2.24, 2.45) is 0 Å². The zero-order chi connectivity index (χ0) is 33.8. The Morgan fingerprint density at radius 1 is 0.522 bits per heavy atom. The van der Waals surface area contributed by atoms with Crippen molar-refractivity contribution in [3.63, 3.8) is 0 Å². The molecule has 0 bridgehead atoms. The lowest BCUT2D eigenvalue weighted by Gasteiger charge is -2.19. The molecule has 0 amide bonds. The average molecular weight is 683 g/mol. The van der Waals surface area contributed by atoms with Crippen molar-refractivity contribution < 1.29 is 64.8 Å². The molecule has 0 saturated carbocycles. The summed E-state index contributed by atoms with van der Waals surface area (Å²) in [6.07, 6.45) is 0. The Kier molecular flexibility index (Phi) is 25.0. The number of esters is 1. The van der Waals surface area contributed by atoms with Gasteiger partial charge in [-0.1, -0.05) is 17.7 Å². The Labute approximate surface area is 274 Å². The summed E-state index contributed by atoms with van der Waals surface area (Å²) in [4.78, 5) is 11.6. The smallest absolute Gasteiger partial charge is 0.332 e. The van der Waals surface area contributed by atoms with Crippen molar-refractivity contribution in [3.8, 4) is 0 Å². The topological polar surface area (TPSA) is 153 Å². The molecule has 0 aromatic heterocycles. The Morgan fingerprint density at radius 3 is 1.15 bits per heavy atom. The fraction of sp³-hybridized carbons (Fsp3) is 0.774. The molecular weight excluding hydrogens is 628 g/mol. The van der Waals surface area contributed by atoms with E-state index in [0.29, 0.717) is 106 Å². The maximum atomic E-state index is 12.1. The summed E-state index contributed by atoms with van der Waals surface area (Å²) in [5.74, 6) is -0.395. The minimum atomic E-state index is -3.78. The lowest BCUT2D eigenvalue weighted by molar-refractivity contribution is -0.160. The summed E-state index contributed by atoms with van der Waals surface area (Å²) in [7, 11) is -3.78. The monoisotopic (exact) mass is 682 g/mol. The first-order valence-electron chi connectivity index (χ1n) is 15.5. The van der Waals surface area contributed by atoms with Crippen LogP contribution >= 0.6 is 0 Å². The van der Waals surface area contributed by atoms with E-state index in [9.17, 15) is 13.2 Å². The lowest BCUT2D eigenvalue weighted by atomic mass is 10.2. The van der Waals surface area contributed by atoms with Gasteiger partial charge in [-0.2, -0.15) is 8.42 Å². The highest BCUT2D eigenvalue weighted by molar-refractivity contribution is 7.86. The fourth-order valence-corrected chi connectivity index (χ4v) is 4.15. The van der Waals surface area contributed by atoms with Crippen LogP contribution in [-0.4, -0.2) is 146 Å². The summed E-state index contributed by atoms with van der Waals surface area (Å²) in [5.41, 5.74) is 0.454. The van der Waals surface area contributed by atoms with Gasteiger partial charge in [-0.05, 0) is 39.8 Å². The van der Waals surface area contributed by atoms with Gasteiger partial charge >= 0.3 is 5.97 Å². The minimum Gasteiger partial charge on any atom is -0.458 e. The molecule has 0 radical (unpaired) electrons. The van der Waals surface area contributed by atoms with Gasteiger partial charge in [0, 0.05) is 0 Å². The van der Waals surface area contributed by atoms with Crippen molar-refractivity contribution in [1.29, 1.82) is 0 Å². The second kappa shape index (κ2) is 27.2. The van der Waals surface area contributed by atoms with Crippen LogP contribution in [0, 0.1) is 6.92 Å². The van der Waals surface area contributed by atoms with Crippen LogP contribution in [0.4, 0.5) is 0 Å². The van der Waals surface area contributed by atoms with Gasteiger partial charge < -0.3 is 47.4 Å². The summed E-state index contributed by atoms with van der Waals surface area (Å²) in [6, 6.07) is 6.47. The highest BCUT2D eigenvalue weighted by Gasteiger charge is 2.16. The molecule has 0 aliphatic rings. The molecule has 14 nitrogen and oxygen atoms in total. The van der Waals surface area contributed by atoms with E-state index in [4.69, 9.17) is 51.6 Å². The second-order valence-electron chi connectivity index (χ2n) is 10.6. The van der Waals surface area contributed by atoms with Gasteiger partial charge in [-0.25, -0.2) is 4.79 Å². The molecule has 0 fully saturated rings. The number of carbonyl (C=O) groups is 1. The van der Waals surface area contributed by atoms with Gasteiger partial charge in [0.2, 0.25) is 0 Å². The number of benzene rings is 1. The molecule has 0 N–H and O–H groups in total. The van der Waals surface area contributed by atoms with E-state index in [1.165, 1.54) is 12.1 Å². The molecule has 0 heterocycles. The van der Waals surface area contributed by atoms with Gasteiger partial charge in [0.1, 0.15) is 12.2 Å². The van der Waals surface area contributed by atoms with Gasteiger partial charge in [-0.15, -0.1) is 0 Å². The molecule has 0 saturated heterocycles. The van der Waals surface area contributed by atoms with E-state index in [1.807, 2.05) is 6.92 Å². The third kappa shape index (κ3) is 26.3. The fourth-order valence-electron chi connectivity index (χ4n) is 3.26. The number of aryl methyl sites for hydroxylation is 1. The summed E-state index contributed by atoms with van der Waals surface area (Å²) >= 11 is 0. The Balaban J connectivity index is 1.71. The van der Waals surface area contributed by atoms with Crippen LogP contribution in [0.3, 0.4) is 0 Å². The number of hydrogen-bond acceptors (Lipinski definition) is 14. The molecule has 0 unspecified atom stereocenters.